The number of amides is 11. The van der Waals surface area contributed by atoms with E-state index in [0.29, 0.717) is 5.56 Å². The molecule has 0 aliphatic heterocycles. The lowest BCUT2D eigenvalue weighted by Gasteiger charge is -2.28. The third-order valence-electron chi connectivity index (χ3n) is 12.6. The number of hydrogen-bond donors (Lipinski definition) is 17. The van der Waals surface area contributed by atoms with E-state index in [4.69, 9.17) is 27.1 Å². The Morgan fingerprint density at radius 1 is 0.553 bits per heavy atom. The highest BCUT2D eigenvalue weighted by molar-refractivity contribution is 5.99. The van der Waals surface area contributed by atoms with E-state index in [1.54, 1.807) is 20.0 Å². The van der Waals surface area contributed by atoms with Crippen molar-refractivity contribution in [3.05, 3.63) is 65.9 Å². The van der Waals surface area contributed by atoms with E-state index in [1.807, 2.05) is 52.0 Å². The lowest BCUT2D eigenvalue weighted by atomic mass is 9.99. The molecule has 0 fully saturated rings. The maximum atomic E-state index is 13.9. The predicted octanol–water partition coefficient (Wildman–Crippen LogP) is -3.04. The van der Waals surface area contributed by atoms with Crippen molar-refractivity contribution in [3.63, 3.8) is 0 Å². The number of para-hydroxylation sites is 1. The Balaban J connectivity index is 0.00000596. The highest BCUT2D eigenvalue weighted by Crippen LogP contribution is 2.19. The summed E-state index contributed by atoms with van der Waals surface area (Å²) in [6.45, 7) is 12.4. The number of carboxylic acid groups (broad SMARTS) is 1. The van der Waals surface area contributed by atoms with Crippen LogP contribution in [0.5, 0.6) is 5.75 Å². The minimum absolute atomic E-state index is 0.00865. The van der Waals surface area contributed by atoms with Crippen molar-refractivity contribution >= 4 is 81.9 Å². The van der Waals surface area contributed by atoms with Gasteiger partial charge in [0.05, 0.1) is 31.7 Å². The number of aliphatic carboxylic acids is 1. The van der Waals surface area contributed by atoms with Gasteiger partial charge in [-0.3, -0.25) is 57.5 Å². The Morgan fingerprint density at radius 2 is 1.02 bits per heavy atom. The van der Waals surface area contributed by atoms with E-state index in [0.717, 1.165) is 23.4 Å². The molecule has 85 heavy (non-hydrogen) atoms. The monoisotopic (exact) mass is 1200 g/mol. The number of primary amides is 2. The molecule has 20 N–H and O–H groups in total. The van der Waals surface area contributed by atoms with Gasteiger partial charge in [-0.25, -0.2) is 0 Å². The first-order chi connectivity index (χ1) is 39.7. The molecule has 0 bridgehead atoms. The van der Waals surface area contributed by atoms with Crippen LogP contribution in [0.1, 0.15) is 99.1 Å². The smallest absolute Gasteiger partial charge is 0.300 e. The minimum atomic E-state index is -1.80. The molecule has 2 aromatic carbocycles. The molecule has 0 radical (unpaired) electrons. The highest BCUT2D eigenvalue weighted by atomic mass is 16.4. The van der Waals surface area contributed by atoms with Gasteiger partial charge in [0.25, 0.3) is 5.97 Å². The van der Waals surface area contributed by atoms with Crippen molar-refractivity contribution < 1.29 is 78.0 Å². The van der Waals surface area contributed by atoms with Crippen LogP contribution in [0.25, 0.3) is 10.9 Å². The number of nitrogens with one attached hydrogen (secondary N) is 10. The summed E-state index contributed by atoms with van der Waals surface area (Å²) in [6, 6.07) is 0.322. The SMILES string of the molecule is CC(=O)O.CC(C)CC(NC(=O)C(CC(C)C)NC(=O)C(Cc1ccc(O)cc1)NC(=O)CNC(=O)C(C)NC(=O)C(CO)NC(=O)C(CC(N)=O)NC(=O)C(CC(C)C)NC(=O)C(NC(=O)C(N)Cc1c[nH]c2ccccc12)C(C)O)C(N)=O. The topological polar surface area (TPSA) is 488 Å². The zero-order valence-corrected chi connectivity index (χ0v) is 49.3. The van der Waals surface area contributed by atoms with Crippen LogP contribution in [-0.2, 0) is 70.4 Å². The van der Waals surface area contributed by atoms with Crippen LogP contribution >= 0.6 is 0 Å². The number of aromatic hydroxyl groups is 1. The van der Waals surface area contributed by atoms with Crippen molar-refractivity contribution in [2.45, 2.75) is 161 Å². The van der Waals surface area contributed by atoms with Crippen LogP contribution in [0.4, 0.5) is 0 Å². The molecule has 11 amide bonds. The van der Waals surface area contributed by atoms with Crippen LogP contribution < -0.4 is 65.1 Å². The molecule has 10 atom stereocenters. The molecule has 0 aliphatic rings. The molecular formula is C56H85N13O16. The maximum Gasteiger partial charge on any atom is 0.300 e. The number of aliphatic hydroxyl groups excluding tert-OH is 2. The van der Waals surface area contributed by atoms with Gasteiger partial charge in [-0.15, -0.1) is 0 Å². The molecule has 0 spiro atoms. The number of hydrogen-bond acceptors (Lipinski definition) is 16. The average Bonchev–Trinajstić information content (AvgIpc) is 4.12. The van der Waals surface area contributed by atoms with E-state index in [1.165, 1.54) is 38.1 Å². The number of carbonyl (C=O) groups is 12. The Hall–Kier alpha value is -8.70. The lowest BCUT2D eigenvalue weighted by molar-refractivity contribution is -0.137. The summed E-state index contributed by atoms with van der Waals surface area (Å²) in [5, 5.41) is 60.6. The Morgan fingerprint density at radius 3 is 1.54 bits per heavy atom. The summed E-state index contributed by atoms with van der Waals surface area (Å²) >= 11 is 0. The molecule has 3 rings (SSSR count). The van der Waals surface area contributed by atoms with Crippen LogP contribution in [0.3, 0.4) is 0 Å². The molecule has 29 heteroatoms. The molecule has 29 nitrogen and oxygen atoms in total. The van der Waals surface area contributed by atoms with Crippen molar-refractivity contribution in [3.8, 4) is 5.75 Å². The van der Waals surface area contributed by atoms with Gasteiger partial charge in [-0.1, -0.05) is 71.9 Å². The number of carboxylic acids is 1. The molecule has 0 saturated heterocycles. The molecule has 1 aromatic heterocycles. The average molecular weight is 1200 g/mol. The molecular weight excluding hydrogens is 1110 g/mol. The van der Waals surface area contributed by atoms with Gasteiger partial charge in [-0.2, -0.15) is 0 Å². The number of aromatic nitrogens is 1. The molecule has 3 aromatic rings. The fourth-order valence-corrected chi connectivity index (χ4v) is 8.40. The Kier molecular flexibility index (Phi) is 30.2. The standard InChI is InChI=1S/C54H81N13O14.C2H4O2/c1-26(2)17-37(46(57)73)62-49(76)38(18-27(3)4)63-51(78)40(20-31-13-15-33(70)16-14-31)61-44(72)24-59-47(74)29(7)60-53(80)42(25-68)66-52(79)41(22-43(56)71)64-50(77)39(19-28(5)6)65-54(81)45(30(8)69)67-48(75)35(55)21-32-23-58-36-12-10-9-11-34(32)36;1-2(3)4/h9-16,23,26-30,35,37-42,45,58,68-70H,17-22,24-25,55H2,1-8H3,(H2,56,71)(H2,57,73)(H,59,74)(H,60,80)(H,61,72)(H,62,76)(H,63,78)(H,64,77)(H,65,81)(H,66,79)(H,67,75);1H3,(H,3,4). The molecule has 0 aliphatic carbocycles. The van der Waals surface area contributed by atoms with Crippen molar-refractivity contribution in [2.24, 2.45) is 35.0 Å². The van der Waals surface area contributed by atoms with Gasteiger partial charge in [0.1, 0.15) is 54.1 Å². The van der Waals surface area contributed by atoms with Crippen LogP contribution in [0, 0.1) is 17.8 Å². The zero-order chi connectivity index (χ0) is 64.4. The first-order valence-electron chi connectivity index (χ1n) is 27.6. The number of H-pyrrole nitrogens is 1. The number of fused-ring (bicyclic) bond motifs is 1. The number of aromatic amines is 1. The summed E-state index contributed by atoms with van der Waals surface area (Å²) in [5.74, 6) is -11.6. The number of nitrogens with two attached hydrogens (primary N) is 3. The summed E-state index contributed by atoms with van der Waals surface area (Å²) in [6.07, 6.45) is -0.363. The third-order valence-corrected chi connectivity index (χ3v) is 12.6. The molecule has 470 valence electrons. The molecule has 0 saturated carbocycles. The zero-order valence-electron chi connectivity index (χ0n) is 49.3. The maximum absolute atomic E-state index is 13.9. The van der Waals surface area contributed by atoms with Gasteiger partial charge >= 0.3 is 0 Å². The number of benzene rings is 2. The number of phenols is 1. The van der Waals surface area contributed by atoms with Gasteiger partial charge in [0.15, 0.2) is 0 Å². The largest absolute Gasteiger partial charge is 0.508 e. The normalized spacial score (nSPS) is 14.6. The van der Waals surface area contributed by atoms with Crippen molar-refractivity contribution in [2.75, 3.05) is 13.2 Å². The minimum Gasteiger partial charge on any atom is -0.508 e. The number of aliphatic hydroxyl groups is 2. The number of rotatable bonds is 33. The molecule has 10 unspecified atom stereocenters. The first-order valence-corrected chi connectivity index (χ1v) is 27.6. The Labute approximate surface area is 492 Å². The van der Waals surface area contributed by atoms with Gasteiger partial charge in [-0.05, 0) is 86.6 Å². The van der Waals surface area contributed by atoms with Crippen molar-refractivity contribution in [1.29, 1.82) is 0 Å². The van der Waals surface area contributed by atoms with Gasteiger partial charge < -0.3 is 90.5 Å². The quantitative estimate of drug-likeness (QED) is 0.0288. The van der Waals surface area contributed by atoms with E-state index in [-0.39, 0.29) is 55.6 Å². The Bertz CT molecular complexity index is 2780. The van der Waals surface area contributed by atoms with Gasteiger partial charge in [0.2, 0.25) is 65.0 Å². The summed E-state index contributed by atoms with van der Waals surface area (Å²) in [5.41, 5.74) is 19.2. The number of phenolic OH excluding ortho intramolecular Hbond substituents is 1. The lowest BCUT2D eigenvalue weighted by Crippen LogP contribution is -2.61. The predicted molar refractivity (Wildman–Crippen MR) is 309 cm³/mol. The van der Waals surface area contributed by atoms with E-state index in [9.17, 15) is 68.1 Å². The second-order valence-corrected chi connectivity index (χ2v) is 21.8. The number of carbonyl (C=O) groups excluding carboxylic acids is 11. The van der Waals surface area contributed by atoms with E-state index < -0.39 is 151 Å². The third kappa shape index (κ3) is 26.2. The van der Waals surface area contributed by atoms with E-state index >= 15 is 0 Å². The van der Waals surface area contributed by atoms with Crippen molar-refractivity contribution in [1.82, 2.24) is 52.8 Å². The van der Waals surface area contributed by atoms with Crippen LogP contribution in [-0.4, -0.2) is 170 Å². The fraction of sp³-hybridized carbons (Fsp3) is 0.536. The van der Waals surface area contributed by atoms with Gasteiger partial charge in [0, 0.05) is 30.4 Å². The fourth-order valence-electron chi connectivity index (χ4n) is 8.40. The second kappa shape index (κ2) is 35.4. The van der Waals surface area contributed by atoms with Crippen LogP contribution in [0.2, 0.25) is 0 Å². The summed E-state index contributed by atoms with van der Waals surface area (Å²) in [4.78, 5) is 158. The first kappa shape index (κ1) is 72.4. The second-order valence-electron chi connectivity index (χ2n) is 21.8. The van der Waals surface area contributed by atoms with Crippen LogP contribution in [0.15, 0.2) is 54.7 Å². The summed E-state index contributed by atoms with van der Waals surface area (Å²) in [7, 11) is 0. The summed E-state index contributed by atoms with van der Waals surface area (Å²) < 4.78 is 0. The molecule has 1 heterocycles. The van der Waals surface area contributed by atoms with E-state index in [2.05, 4.69) is 52.8 Å². The highest BCUT2D eigenvalue weighted by Gasteiger charge is 2.36.